The van der Waals surface area contributed by atoms with Gasteiger partial charge in [-0.15, -0.1) is 22.7 Å². The van der Waals surface area contributed by atoms with Crippen molar-refractivity contribution in [2.45, 2.75) is 32.1 Å². The molecule has 3 nitrogen and oxygen atoms in total. The van der Waals surface area contributed by atoms with Crippen molar-refractivity contribution in [3.63, 3.8) is 0 Å². The van der Waals surface area contributed by atoms with Gasteiger partial charge in [0, 0.05) is 15.0 Å². The van der Waals surface area contributed by atoms with Crippen molar-refractivity contribution in [2.24, 2.45) is 0 Å². The van der Waals surface area contributed by atoms with E-state index in [-0.39, 0.29) is 5.91 Å². The standard InChI is InChI=1S/C19H15ClN2OS2/c20-16-12-7-4-5-9-15(12)24-17(16)18(23)22-19-13(10-21)11-6-2-1-3-8-14(11)25-19/h4-5,7,9H,1-3,6,8H2,(H,22,23). The van der Waals surface area contributed by atoms with Crippen molar-refractivity contribution >= 4 is 55.3 Å². The van der Waals surface area contributed by atoms with E-state index in [2.05, 4.69) is 11.4 Å². The van der Waals surface area contributed by atoms with Crippen LogP contribution in [-0.4, -0.2) is 5.91 Å². The first-order valence-corrected chi connectivity index (χ1v) is 10.2. The van der Waals surface area contributed by atoms with Crippen LogP contribution in [0.4, 0.5) is 5.00 Å². The molecular formula is C19H15ClN2OS2. The Morgan fingerprint density at radius 3 is 2.76 bits per heavy atom. The minimum atomic E-state index is -0.237. The van der Waals surface area contributed by atoms with Gasteiger partial charge >= 0.3 is 0 Å². The summed E-state index contributed by atoms with van der Waals surface area (Å²) in [5, 5.41) is 14.6. The molecule has 4 rings (SSSR count). The van der Waals surface area contributed by atoms with Crippen LogP contribution in [0.2, 0.25) is 5.02 Å². The Hall–Kier alpha value is -1.87. The lowest BCUT2D eigenvalue weighted by Crippen LogP contribution is -2.10. The van der Waals surface area contributed by atoms with Gasteiger partial charge in [0.15, 0.2) is 0 Å². The molecule has 1 amide bonds. The maximum atomic E-state index is 12.8. The van der Waals surface area contributed by atoms with Crippen LogP contribution in [0.15, 0.2) is 24.3 Å². The van der Waals surface area contributed by atoms with Crippen LogP contribution < -0.4 is 5.32 Å². The number of thiophene rings is 2. The van der Waals surface area contributed by atoms with E-state index in [1.807, 2.05) is 24.3 Å². The van der Waals surface area contributed by atoms with Gasteiger partial charge in [0.25, 0.3) is 5.91 Å². The van der Waals surface area contributed by atoms with E-state index in [1.54, 1.807) is 11.3 Å². The van der Waals surface area contributed by atoms with Crippen LogP contribution >= 0.6 is 34.3 Å². The summed E-state index contributed by atoms with van der Waals surface area (Å²) in [5.41, 5.74) is 1.76. The molecule has 0 unspecified atom stereocenters. The van der Waals surface area contributed by atoms with Gasteiger partial charge in [-0.2, -0.15) is 5.26 Å². The van der Waals surface area contributed by atoms with Crippen molar-refractivity contribution in [3.8, 4) is 6.07 Å². The van der Waals surface area contributed by atoms with Gasteiger partial charge in [-0.25, -0.2) is 0 Å². The number of aryl methyl sites for hydroxylation is 1. The van der Waals surface area contributed by atoms with Gasteiger partial charge in [0.2, 0.25) is 0 Å². The van der Waals surface area contributed by atoms with Crippen molar-refractivity contribution in [1.82, 2.24) is 0 Å². The quantitative estimate of drug-likeness (QED) is 0.548. The lowest BCUT2D eigenvalue weighted by molar-refractivity contribution is 0.103. The minimum absolute atomic E-state index is 0.237. The Balaban J connectivity index is 1.69. The molecule has 1 aliphatic carbocycles. The van der Waals surface area contributed by atoms with E-state index < -0.39 is 0 Å². The fourth-order valence-corrected chi connectivity index (χ4v) is 5.92. The predicted octanol–water partition coefficient (Wildman–Crippen LogP) is 6.01. The minimum Gasteiger partial charge on any atom is -0.312 e. The van der Waals surface area contributed by atoms with Crippen LogP contribution in [0.3, 0.4) is 0 Å². The lowest BCUT2D eigenvalue weighted by Gasteiger charge is -2.03. The summed E-state index contributed by atoms with van der Waals surface area (Å²) in [6.07, 6.45) is 5.37. The predicted molar refractivity (Wildman–Crippen MR) is 105 cm³/mol. The number of rotatable bonds is 2. The van der Waals surface area contributed by atoms with E-state index >= 15 is 0 Å². The van der Waals surface area contributed by atoms with Crippen molar-refractivity contribution in [2.75, 3.05) is 5.32 Å². The molecule has 3 aromatic rings. The zero-order chi connectivity index (χ0) is 17.4. The molecule has 1 N–H and O–H groups in total. The molecular weight excluding hydrogens is 372 g/mol. The highest BCUT2D eigenvalue weighted by atomic mass is 35.5. The molecule has 0 spiro atoms. The van der Waals surface area contributed by atoms with Gasteiger partial charge in [0.1, 0.15) is 15.9 Å². The van der Waals surface area contributed by atoms with Crippen molar-refractivity contribution in [1.29, 1.82) is 5.26 Å². The Labute approximate surface area is 158 Å². The Kier molecular flexibility index (Phi) is 4.51. The summed E-state index contributed by atoms with van der Waals surface area (Å²) >= 11 is 9.33. The average Bonchev–Trinajstić information content (AvgIpc) is 3.03. The van der Waals surface area contributed by atoms with E-state index in [9.17, 15) is 10.1 Å². The number of anilines is 1. The molecule has 2 aromatic heterocycles. The molecule has 25 heavy (non-hydrogen) atoms. The summed E-state index contributed by atoms with van der Waals surface area (Å²) in [6.45, 7) is 0. The summed E-state index contributed by atoms with van der Waals surface area (Å²) in [6, 6.07) is 10.0. The van der Waals surface area contributed by atoms with Gasteiger partial charge in [-0.1, -0.05) is 36.2 Å². The van der Waals surface area contributed by atoms with Gasteiger partial charge in [-0.3, -0.25) is 4.79 Å². The van der Waals surface area contributed by atoms with Gasteiger partial charge in [0.05, 0.1) is 10.6 Å². The molecule has 6 heteroatoms. The number of amides is 1. The molecule has 0 fully saturated rings. The average molecular weight is 387 g/mol. The maximum Gasteiger partial charge on any atom is 0.267 e. The van der Waals surface area contributed by atoms with Crippen LogP contribution in [0.5, 0.6) is 0 Å². The van der Waals surface area contributed by atoms with Crippen LogP contribution in [0, 0.1) is 11.3 Å². The first-order chi connectivity index (χ1) is 12.2. The van der Waals surface area contributed by atoms with Gasteiger partial charge < -0.3 is 5.32 Å². The van der Waals surface area contributed by atoms with Gasteiger partial charge in [-0.05, 0) is 37.3 Å². The highest BCUT2D eigenvalue weighted by molar-refractivity contribution is 7.22. The zero-order valence-electron chi connectivity index (χ0n) is 13.4. The number of hydrogen-bond acceptors (Lipinski definition) is 4. The number of halogens is 1. The molecule has 126 valence electrons. The number of nitriles is 1. The largest absolute Gasteiger partial charge is 0.312 e. The summed E-state index contributed by atoms with van der Waals surface area (Å²) in [5.74, 6) is -0.237. The maximum absolute atomic E-state index is 12.8. The van der Waals surface area contributed by atoms with Crippen molar-refractivity contribution in [3.05, 3.63) is 50.2 Å². The topological polar surface area (TPSA) is 52.9 Å². The van der Waals surface area contributed by atoms with Crippen LogP contribution in [-0.2, 0) is 12.8 Å². The summed E-state index contributed by atoms with van der Waals surface area (Å²) in [4.78, 5) is 14.5. The Morgan fingerprint density at radius 2 is 1.96 bits per heavy atom. The molecule has 0 radical (unpaired) electrons. The fourth-order valence-electron chi connectivity index (χ4n) is 3.27. The third-order valence-electron chi connectivity index (χ3n) is 4.50. The number of nitrogens with zero attached hydrogens (tertiary/aromatic N) is 1. The third kappa shape index (κ3) is 2.95. The monoisotopic (exact) mass is 386 g/mol. The second kappa shape index (κ2) is 6.80. The molecule has 2 heterocycles. The number of fused-ring (bicyclic) bond motifs is 2. The number of carbonyl (C=O) groups is 1. The number of benzene rings is 1. The molecule has 0 atom stereocenters. The highest BCUT2D eigenvalue weighted by Gasteiger charge is 2.23. The third-order valence-corrected chi connectivity index (χ3v) is 7.38. The Bertz CT molecular complexity index is 1010. The normalized spacial score (nSPS) is 13.9. The second-order valence-electron chi connectivity index (χ2n) is 6.08. The van der Waals surface area contributed by atoms with E-state index in [0.717, 1.165) is 41.3 Å². The molecule has 0 bridgehead atoms. The van der Waals surface area contributed by atoms with Crippen LogP contribution in [0.25, 0.3) is 10.1 Å². The SMILES string of the molecule is N#Cc1c(NC(=O)c2sc3ccccc3c2Cl)sc2c1CCCCC2. The zero-order valence-corrected chi connectivity index (χ0v) is 15.8. The Morgan fingerprint density at radius 1 is 1.16 bits per heavy atom. The number of nitrogens with one attached hydrogen (secondary N) is 1. The molecule has 0 saturated heterocycles. The van der Waals surface area contributed by atoms with E-state index in [0.29, 0.717) is 20.5 Å². The summed E-state index contributed by atoms with van der Waals surface area (Å²) < 4.78 is 0.986. The molecule has 0 aliphatic heterocycles. The van der Waals surface area contributed by atoms with Crippen molar-refractivity contribution < 1.29 is 4.79 Å². The lowest BCUT2D eigenvalue weighted by atomic mass is 10.1. The molecule has 0 saturated carbocycles. The fraction of sp³-hybridized carbons (Fsp3) is 0.263. The molecule has 1 aliphatic rings. The van der Waals surface area contributed by atoms with Crippen LogP contribution in [0.1, 0.15) is 44.9 Å². The number of hydrogen-bond donors (Lipinski definition) is 1. The van der Waals surface area contributed by atoms with E-state index in [4.69, 9.17) is 11.6 Å². The molecule has 1 aromatic carbocycles. The van der Waals surface area contributed by atoms with E-state index in [1.165, 1.54) is 22.6 Å². The second-order valence-corrected chi connectivity index (χ2v) is 8.61. The summed E-state index contributed by atoms with van der Waals surface area (Å²) in [7, 11) is 0. The smallest absolute Gasteiger partial charge is 0.267 e. The first-order valence-electron chi connectivity index (χ1n) is 8.22. The first kappa shape index (κ1) is 16.6. The highest BCUT2D eigenvalue weighted by Crippen LogP contribution is 2.39. The number of carbonyl (C=O) groups excluding carboxylic acids is 1.